The molecule has 2 heterocycles. The number of hydrogen-bond donors (Lipinski definition) is 2. The molecule has 1 aromatic heterocycles. The van der Waals surface area contributed by atoms with Gasteiger partial charge in [0.25, 0.3) is 0 Å². The van der Waals surface area contributed by atoms with Crippen LogP contribution < -0.4 is 15.5 Å². The predicted molar refractivity (Wildman–Crippen MR) is 114 cm³/mol. The SMILES string of the molecule is CN=C(NCc1nc(C)c(C)s1)NCC1CCN(c2ccc(Br)cc2)C1. The predicted octanol–water partition coefficient (Wildman–Crippen LogP) is 3.71. The summed E-state index contributed by atoms with van der Waals surface area (Å²) in [6.45, 7) is 8.01. The lowest BCUT2D eigenvalue weighted by molar-refractivity contribution is 0.565. The van der Waals surface area contributed by atoms with Crippen LogP contribution in [0.4, 0.5) is 5.69 Å². The van der Waals surface area contributed by atoms with Crippen LogP contribution in [0.3, 0.4) is 0 Å². The summed E-state index contributed by atoms with van der Waals surface area (Å²) in [4.78, 5) is 12.6. The van der Waals surface area contributed by atoms with Gasteiger partial charge >= 0.3 is 0 Å². The topological polar surface area (TPSA) is 52.6 Å². The first-order valence-corrected chi connectivity index (χ1v) is 10.5. The van der Waals surface area contributed by atoms with Gasteiger partial charge in [0, 0.05) is 41.7 Å². The highest BCUT2D eigenvalue weighted by molar-refractivity contribution is 9.10. The number of anilines is 1. The Bertz CT molecular complexity index is 736. The summed E-state index contributed by atoms with van der Waals surface area (Å²) in [6, 6.07) is 8.57. The number of rotatable bonds is 5. The fourth-order valence-corrected chi connectivity index (χ4v) is 4.26. The fraction of sp³-hybridized carbons (Fsp3) is 0.474. The molecule has 3 rings (SSSR count). The molecule has 5 nitrogen and oxygen atoms in total. The average Bonchev–Trinajstić information content (AvgIpc) is 3.23. The first-order valence-electron chi connectivity index (χ1n) is 8.93. The molecule has 26 heavy (non-hydrogen) atoms. The lowest BCUT2D eigenvalue weighted by Gasteiger charge is -2.19. The molecule has 1 aliphatic heterocycles. The van der Waals surface area contributed by atoms with Crippen molar-refractivity contribution in [2.75, 3.05) is 31.6 Å². The largest absolute Gasteiger partial charge is 0.371 e. The molecule has 0 bridgehead atoms. The van der Waals surface area contributed by atoms with Gasteiger partial charge in [-0.1, -0.05) is 15.9 Å². The van der Waals surface area contributed by atoms with Crippen LogP contribution in [-0.4, -0.2) is 37.6 Å². The molecule has 1 aliphatic rings. The number of aromatic nitrogens is 1. The second kappa shape index (κ2) is 8.86. The van der Waals surface area contributed by atoms with Crippen molar-refractivity contribution in [2.24, 2.45) is 10.9 Å². The van der Waals surface area contributed by atoms with Crippen molar-refractivity contribution < 1.29 is 0 Å². The Hall–Kier alpha value is -1.60. The van der Waals surface area contributed by atoms with Gasteiger partial charge in [-0.05, 0) is 50.5 Å². The molecule has 0 amide bonds. The Kier molecular flexibility index (Phi) is 6.53. The number of aliphatic imine (C=N–C) groups is 1. The van der Waals surface area contributed by atoms with E-state index in [4.69, 9.17) is 0 Å². The molecule has 1 saturated heterocycles. The van der Waals surface area contributed by atoms with Crippen molar-refractivity contribution in [1.29, 1.82) is 0 Å². The number of thiazole rings is 1. The minimum absolute atomic E-state index is 0.626. The molecular formula is C19H26BrN5S. The van der Waals surface area contributed by atoms with E-state index in [1.54, 1.807) is 11.3 Å². The maximum Gasteiger partial charge on any atom is 0.191 e. The van der Waals surface area contributed by atoms with Gasteiger partial charge < -0.3 is 15.5 Å². The lowest BCUT2D eigenvalue weighted by atomic mass is 10.1. The molecule has 2 aromatic rings. The number of guanidine groups is 1. The van der Waals surface area contributed by atoms with E-state index in [0.717, 1.165) is 40.8 Å². The van der Waals surface area contributed by atoms with E-state index in [2.05, 4.69) is 79.6 Å². The smallest absolute Gasteiger partial charge is 0.191 e. The van der Waals surface area contributed by atoms with E-state index >= 15 is 0 Å². The average molecular weight is 436 g/mol. The fourth-order valence-electron chi connectivity index (χ4n) is 3.12. The van der Waals surface area contributed by atoms with E-state index in [0.29, 0.717) is 12.5 Å². The number of aryl methyl sites for hydroxylation is 2. The lowest BCUT2D eigenvalue weighted by Crippen LogP contribution is -2.39. The van der Waals surface area contributed by atoms with Crippen LogP contribution in [0.5, 0.6) is 0 Å². The summed E-state index contributed by atoms with van der Waals surface area (Å²) in [5.74, 6) is 1.47. The van der Waals surface area contributed by atoms with Crippen LogP contribution in [0, 0.1) is 19.8 Å². The van der Waals surface area contributed by atoms with Crippen molar-refractivity contribution >= 4 is 38.9 Å². The highest BCUT2D eigenvalue weighted by Crippen LogP contribution is 2.25. The molecule has 1 fully saturated rings. The van der Waals surface area contributed by atoms with Crippen LogP contribution in [0.25, 0.3) is 0 Å². The number of hydrogen-bond acceptors (Lipinski definition) is 4. The van der Waals surface area contributed by atoms with Gasteiger partial charge in [0.2, 0.25) is 0 Å². The molecule has 1 aromatic carbocycles. The summed E-state index contributed by atoms with van der Waals surface area (Å²) < 4.78 is 1.12. The van der Waals surface area contributed by atoms with Crippen molar-refractivity contribution in [3.8, 4) is 0 Å². The summed E-state index contributed by atoms with van der Waals surface area (Å²) in [7, 11) is 1.82. The van der Waals surface area contributed by atoms with Crippen molar-refractivity contribution in [2.45, 2.75) is 26.8 Å². The zero-order valence-electron chi connectivity index (χ0n) is 15.6. The maximum atomic E-state index is 4.57. The maximum absolute atomic E-state index is 4.57. The van der Waals surface area contributed by atoms with Gasteiger partial charge in [-0.25, -0.2) is 4.98 Å². The molecule has 0 spiro atoms. The molecule has 140 valence electrons. The molecule has 1 unspecified atom stereocenters. The van der Waals surface area contributed by atoms with Crippen LogP contribution in [0.2, 0.25) is 0 Å². The van der Waals surface area contributed by atoms with Crippen molar-refractivity contribution in [3.63, 3.8) is 0 Å². The van der Waals surface area contributed by atoms with E-state index in [1.807, 2.05) is 7.05 Å². The zero-order chi connectivity index (χ0) is 18.5. The van der Waals surface area contributed by atoms with Gasteiger partial charge in [0.15, 0.2) is 5.96 Å². The van der Waals surface area contributed by atoms with Gasteiger partial charge in [-0.2, -0.15) is 0 Å². The highest BCUT2D eigenvalue weighted by Gasteiger charge is 2.22. The normalized spacial score (nSPS) is 17.6. The summed E-state index contributed by atoms with van der Waals surface area (Å²) in [5.41, 5.74) is 2.42. The van der Waals surface area contributed by atoms with Gasteiger partial charge in [-0.3, -0.25) is 4.99 Å². The standard InChI is InChI=1S/C19H26BrN5S/c1-13-14(2)26-18(24-13)11-23-19(21-3)22-10-15-8-9-25(12-15)17-6-4-16(20)5-7-17/h4-7,15H,8-12H2,1-3H3,(H2,21,22,23). The Morgan fingerprint density at radius 1 is 1.31 bits per heavy atom. The van der Waals surface area contributed by atoms with Crippen LogP contribution in [0.15, 0.2) is 33.7 Å². The number of nitrogens with one attached hydrogen (secondary N) is 2. The van der Waals surface area contributed by atoms with Crippen molar-refractivity contribution in [1.82, 2.24) is 15.6 Å². The van der Waals surface area contributed by atoms with E-state index in [-0.39, 0.29) is 0 Å². The minimum Gasteiger partial charge on any atom is -0.371 e. The summed E-state index contributed by atoms with van der Waals surface area (Å²) >= 11 is 5.24. The molecular weight excluding hydrogens is 410 g/mol. The van der Waals surface area contributed by atoms with Gasteiger partial charge in [0.1, 0.15) is 5.01 Å². The van der Waals surface area contributed by atoms with Crippen LogP contribution in [0.1, 0.15) is 22.0 Å². The minimum atomic E-state index is 0.626. The zero-order valence-corrected chi connectivity index (χ0v) is 18.0. The first kappa shape index (κ1) is 19.2. The molecule has 2 N–H and O–H groups in total. The third-order valence-corrected chi connectivity index (χ3v) is 6.34. The van der Waals surface area contributed by atoms with E-state index in [1.165, 1.54) is 17.0 Å². The third-order valence-electron chi connectivity index (χ3n) is 4.74. The Morgan fingerprint density at radius 2 is 2.08 bits per heavy atom. The molecule has 0 radical (unpaired) electrons. The molecule has 1 atom stereocenters. The first-order chi connectivity index (χ1) is 12.5. The molecule has 0 saturated carbocycles. The Labute approximate surface area is 168 Å². The van der Waals surface area contributed by atoms with E-state index < -0.39 is 0 Å². The van der Waals surface area contributed by atoms with E-state index in [9.17, 15) is 0 Å². The number of benzene rings is 1. The quantitative estimate of drug-likeness (QED) is 0.554. The second-order valence-corrected chi connectivity index (χ2v) is 8.84. The monoisotopic (exact) mass is 435 g/mol. The van der Waals surface area contributed by atoms with Crippen LogP contribution in [-0.2, 0) is 6.54 Å². The van der Waals surface area contributed by atoms with Gasteiger partial charge in [0.05, 0.1) is 12.2 Å². The number of halogens is 1. The van der Waals surface area contributed by atoms with Crippen molar-refractivity contribution in [3.05, 3.63) is 44.3 Å². The number of nitrogens with zero attached hydrogens (tertiary/aromatic N) is 3. The summed E-state index contributed by atoms with van der Waals surface area (Å²) in [6.07, 6.45) is 1.20. The Morgan fingerprint density at radius 3 is 2.73 bits per heavy atom. The molecule has 7 heteroatoms. The highest BCUT2D eigenvalue weighted by atomic mass is 79.9. The van der Waals surface area contributed by atoms with Gasteiger partial charge in [-0.15, -0.1) is 11.3 Å². The summed E-state index contributed by atoms with van der Waals surface area (Å²) in [5, 5.41) is 7.94. The third kappa shape index (κ3) is 4.98. The Balaban J connectivity index is 1.44. The second-order valence-electron chi connectivity index (χ2n) is 6.63. The molecule has 0 aliphatic carbocycles. The van der Waals surface area contributed by atoms with Crippen LogP contribution >= 0.6 is 27.3 Å².